The molecule has 0 unspecified atom stereocenters. The lowest BCUT2D eigenvalue weighted by atomic mass is 10.2. The topological polar surface area (TPSA) is 46.6 Å². The number of nitrogens with zero attached hydrogens (tertiary/aromatic N) is 1. The number of carbonyl (C=O) groups excluding carboxylic acids is 2. The summed E-state index contributed by atoms with van der Waals surface area (Å²) in [6.07, 6.45) is 9.07. The van der Waals surface area contributed by atoms with Crippen molar-refractivity contribution in [3.05, 3.63) is 42.5 Å². The van der Waals surface area contributed by atoms with E-state index < -0.39 is 0 Å². The van der Waals surface area contributed by atoms with Gasteiger partial charge in [0.1, 0.15) is 0 Å². The number of para-hydroxylation sites is 1. The maximum Gasteiger partial charge on any atom is 0.309 e. The van der Waals surface area contributed by atoms with Gasteiger partial charge in [-0.25, -0.2) is 0 Å². The van der Waals surface area contributed by atoms with Gasteiger partial charge in [0.05, 0.1) is 12.5 Å². The first kappa shape index (κ1) is 17.3. The van der Waals surface area contributed by atoms with Gasteiger partial charge in [-0.2, -0.15) is 0 Å². The Kier molecular flexibility index (Phi) is 6.85. The molecular formula is C19H25NO3. The zero-order valence-electron chi connectivity index (χ0n) is 13.7. The van der Waals surface area contributed by atoms with Crippen LogP contribution in [0.5, 0.6) is 0 Å². The summed E-state index contributed by atoms with van der Waals surface area (Å²) in [6.45, 7) is 3.03. The van der Waals surface area contributed by atoms with Crippen LogP contribution in [0, 0.1) is 11.8 Å². The van der Waals surface area contributed by atoms with Gasteiger partial charge in [0, 0.05) is 12.2 Å². The first-order valence-corrected chi connectivity index (χ1v) is 8.36. The first-order chi connectivity index (χ1) is 11.3. The zero-order chi connectivity index (χ0) is 16.5. The summed E-state index contributed by atoms with van der Waals surface area (Å²) in [6, 6.07) is 9.70. The smallest absolute Gasteiger partial charge is 0.309 e. The van der Waals surface area contributed by atoms with Crippen molar-refractivity contribution < 1.29 is 14.3 Å². The second-order valence-electron chi connectivity index (χ2n) is 5.82. The maximum atomic E-state index is 11.5. The number of carbonyl (C=O) groups is 2. The molecule has 1 aliphatic carbocycles. The second-order valence-corrected chi connectivity index (χ2v) is 5.82. The van der Waals surface area contributed by atoms with E-state index in [1.54, 1.807) is 4.90 Å². The van der Waals surface area contributed by atoms with E-state index in [9.17, 15) is 9.59 Å². The van der Waals surface area contributed by atoms with Crippen LogP contribution in [0.15, 0.2) is 42.5 Å². The minimum atomic E-state index is -0.0633. The minimum absolute atomic E-state index is 0.0633. The molecule has 1 aliphatic rings. The van der Waals surface area contributed by atoms with E-state index in [0.29, 0.717) is 12.5 Å². The number of ether oxygens (including phenoxy) is 1. The van der Waals surface area contributed by atoms with Gasteiger partial charge in [0.15, 0.2) is 0 Å². The molecule has 4 nitrogen and oxygen atoms in total. The third kappa shape index (κ3) is 5.55. The Hall–Kier alpha value is -2.10. The van der Waals surface area contributed by atoms with Crippen molar-refractivity contribution in [3.63, 3.8) is 0 Å². The number of anilines is 1. The Morgan fingerprint density at radius 2 is 2.09 bits per heavy atom. The van der Waals surface area contributed by atoms with Crippen LogP contribution in [-0.2, 0) is 14.3 Å². The van der Waals surface area contributed by atoms with Crippen molar-refractivity contribution in [3.8, 4) is 0 Å². The van der Waals surface area contributed by atoms with Crippen LogP contribution in [0.3, 0.4) is 0 Å². The Labute approximate surface area is 138 Å². The molecule has 1 saturated carbocycles. The summed E-state index contributed by atoms with van der Waals surface area (Å²) in [4.78, 5) is 24.4. The molecule has 23 heavy (non-hydrogen) atoms. The van der Waals surface area contributed by atoms with Crippen LogP contribution in [0.1, 0.15) is 32.6 Å². The van der Waals surface area contributed by atoms with E-state index >= 15 is 0 Å². The standard InChI is InChI=1S/C19H25NO3/c1-2-23-19(22)18-14-16(18)10-6-3-4-9-13-20(15-21)17-11-7-5-8-12-17/h5-8,10-12,15-16,18H,2-4,9,13-14H2,1H3/b10-6-/t16-,18+/m1/s1. The van der Waals surface area contributed by atoms with Gasteiger partial charge in [-0.05, 0) is 50.7 Å². The number of esters is 1. The molecule has 124 valence electrons. The molecule has 1 fully saturated rings. The quantitative estimate of drug-likeness (QED) is 0.287. The molecule has 0 N–H and O–H groups in total. The zero-order valence-corrected chi connectivity index (χ0v) is 13.7. The predicted molar refractivity (Wildman–Crippen MR) is 91.1 cm³/mol. The summed E-state index contributed by atoms with van der Waals surface area (Å²) in [5.41, 5.74) is 0.938. The maximum absolute atomic E-state index is 11.5. The number of amides is 1. The van der Waals surface area contributed by atoms with E-state index in [1.807, 2.05) is 37.3 Å². The van der Waals surface area contributed by atoms with Crippen molar-refractivity contribution in [1.29, 1.82) is 0 Å². The van der Waals surface area contributed by atoms with Crippen LogP contribution < -0.4 is 4.90 Å². The average Bonchev–Trinajstić information content (AvgIpc) is 3.35. The molecule has 0 saturated heterocycles. The number of benzene rings is 1. The third-order valence-electron chi connectivity index (χ3n) is 4.05. The van der Waals surface area contributed by atoms with Gasteiger partial charge in [0.25, 0.3) is 0 Å². The SMILES string of the molecule is CCOC(=O)[C@H]1C[C@H]1/C=C\CCCCN(C=O)c1ccccc1. The van der Waals surface area contributed by atoms with Gasteiger partial charge < -0.3 is 9.64 Å². The molecule has 2 rings (SSSR count). The largest absolute Gasteiger partial charge is 0.466 e. The van der Waals surface area contributed by atoms with Crippen LogP contribution in [-0.4, -0.2) is 25.5 Å². The first-order valence-electron chi connectivity index (χ1n) is 8.36. The Morgan fingerprint density at radius 3 is 2.78 bits per heavy atom. The summed E-state index contributed by atoms with van der Waals surface area (Å²) in [5, 5.41) is 0. The molecular weight excluding hydrogens is 290 g/mol. The van der Waals surface area contributed by atoms with Gasteiger partial charge in [0.2, 0.25) is 6.41 Å². The van der Waals surface area contributed by atoms with Crippen LogP contribution in [0.4, 0.5) is 5.69 Å². The van der Waals surface area contributed by atoms with E-state index in [1.165, 1.54) is 0 Å². The molecule has 0 aliphatic heterocycles. The summed E-state index contributed by atoms with van der Waals surface area (Å²) in [5.74, 6) is 0.381. The Morgan fingerprint density at radius 1 is 1.30 bits per heavy atom. The fourth-order valence-electron chi connectivity index (χ4n) is 2.63. The molecule has 1 amide bonds. The number of unbranched alkanes of at least 4 members (excludes halogenated alkanes) is 2. The number of allylic oxidation sites excluding steroid dienone is 2. The predicted octanol–water partition coefficient (Wildman–Crippen LogP) is 3.58. The van der Waals surface area contributed by atoms with E-state index in [4.69, 9.17) is 4.74 Å². The normalized spacial score (nSPS) is 19.5. The molecule has 0 aromatic heterocycles. The molecule has 0 bridgehead atoms. The van der Waals surface area contributed by atoms with Crippen molar-refractivity contribution in [2.24, 2.45) is 11.8 Å². The van der Waals surface area contributed by atoms with Crippen molar-refractivity contribution >= 4 is 18.1 Å². The highest BCUT2D eigenvalue weighted by Gasteiger charge is 2.42. The van der Waals surface area contributed by atoms with Crippen LogP contribution in [0.25, 0.3) is 0 Å². The third-order valence-corrected chi connectivity index (χ3v) is 4.05. The summed E-state index contributed by atoms with van der Waals surface area (Å²) < 4.78 is 5.01. The highest BCUT2D eigenvalue weighted by Crippen LogP contribution is 2.40. The molecule has 0 spiro atoms. The summed E-state index contributed by atoms with van der Waals surface area (Å²) >= 11 is 0. The lowest BCUT2D eigenvalue weighted by Gasteiger charge is -2.16. The lowest BCUT2D eigenvalue weighted by molar-refractivity contribution is -0.144. The van der Waals surface area contributed by atoms with Crippen molar-refractivity contribution in [2.45, 2.75) is 32.6 Å². The van der Waals surface area contributed by atoms with E-state index in [0.717, 1.165) is 44.3 Å². The van der Waals surface area contributed by atoms with E-state index in [-0.39, 0.29) is 11.9 Å². The summed E-state index contributed by atoms with van der Waals surface area (Å²) in [7, 11) is 0. The fourth-order valence-corrected chi connectivity index (χ4v) is 2.63. The fraction of sp³-hybridized carbons (Fsp3) is 0.474. The van der Waals surface area contributed by atoms with E-state index in [2.05, 4.69) is 12.2 Å². The number of rotatable bonds is 10. The molecule has 4 heteroatoms. The van der Waals surface area contributed by atoms with Crippen molar-refractivity contribution in [1.82, 2.24) is 0 Å². The Bertz CT molecular complexity index is 527. The highest BCUT2D eigenvalue weighted by atomic mass is 16.5. The molecule has 0 heterocycles. The van der Waals surface area contributed by atoms with Gasteiger partial charge in [-0.3, -0.25) is 9.59 Å². The number of hydrogen-bond donors (Lipinski definition) is 0. The number of hydrogen-bond acceptors (Lipinski definition) is 3. The lowest BCUT2D eigenvalue weighted by Crippen LogP contribution is -2.22. The highest BCUT2D eigenvalue weighted by molar-refractivity contribution is 5.76. The minimum Gasteiger partial charge on any atom is -0.466 e. The monoisotopic (exact) mass is 315 g/mol. The van der Waals surface area contributed by atoms with Crippen LogP contribution >= 0.6 is 0 Å². The molecule has 1 aromatic rings. The van der Waals surface area contributed by atoms with Gasteiger partial charge in [-0.15, -0.1) is 0 Å². The van der Waals surface area contributed by atoms with Gasteiger partial charge >= 0.3 is 5.97 Å². The average molecular weight is 315 g/mol. The molecule has 1 aromatic carbocycles. The Balaban J connectivity index is 1.60. The second kappa shape index (κ2) is 9.13. The molecule has 2 atom stereocenters. The molecule has 0 radical (unpaired) electrons. The van der Waals surface area contributed by atoms with Crippen molar-refractivity contribution in [2.75, 3.05) is 18.1 Å². The van der Waals surface area contributed by atoms with Gasteiger partial charge in [-0.1, -0.05) is 30.4 Å². The van der Waals surface area contributed by atoms with Crippen LogP contribution in [0.2, 0.25) is 0 Å².